The average Bonchev–Trinajstić information content (AvgIpc) is 3.39. The molecule has 0 amide bonds. The summed E-state index contributed by atoms with van der Waals surface area (Å²) >= 11 is 0. The van der Waals surface area contributed by atoms with Crippen LogP contribution in [0.4, 0.5) is 0 Å². The second-order valence-electron chi connectivity index (χ2n) is 12.9. The number of aliphatic hydroxyl groups excluding tert-OH is 1. The van der Waals surface area contributed by atoms with Crippen LogP contribution in [0.15, 0.2) is 23.0 Å². The smallest absolute Gasteiger partial charge is 0.339 e. The van der Waals surface area contributed by atoms with E-state index in [-0.39, 0.29) is 25.0 Å². The Morgan fingerprint density at radius 3 is 2.42 bits per heavy atom. The molecule has 10 heteroatoms. The number of aliphatic hydroxyl groups is 1. The fourth-order valence-electron chi connectivity index (χ4n) is 9.39. The number of ether oxygens (including phenoxy) is 4. The van der Waals surface area contributed by atoms with Crippen LogP contribution in [-0.4, -0.2) is 58.3 Å². The van der Waals surface area contributed by atoms with Gasteiger partial charge in [0.05, 0.1) is 30.5 Å². The number of ketones is 1. The van der Waals surface area contributed by atoms with Gasteiger partial charge in [-0.25, -0.2) is 4.79 Å². The van der Waals surface area contributed by atoms with Crippen molar-refractivity contribution >= 4 is 23.7 Å². The van der Waals surface area contributed by atoms with E-state index >= 15 is 0 Å². The van der Waals surface area contributed by atoms with Crippen molar-refractivity contribution in [2.45, 2.75) is 96.4 Å². The average molecular weight is 531 g/mol. The van der Waals surface area contributed by atoms with Gasteiger partial charge in [-0.3, -0.25) is 14.4 Å². The fourth-order valence-corrected chi connectivity index (χ4v) is 9.39. The number of Topliss-reactive ketones (excluding diaryl/α,β-unsaturated/α-hetero) is 1. The van der Waals surface area contributed by atoms with E-state index in [1.54, 1.807) is 26.8 Å². The maximum Gasteiger partial charge on any atom is 0.339 e. The van der Waals surface area contributed by atoms with Gasteiger partial charge in [0.2, 0.25) is 0 Å². The summed E-state index contributed by atoms with van der Waals surface area (Å²) in [4.78, 5) is 52.8. The molecule has 4 heterocycles. The van der Waals surface area contributed by atoms with E-state index in [4.69, 9.17) is 23.4 Å². The first kappa shape index (κ1) is 25.6. The summed E-state index contributed by atoms with van der Waals surface area (Å²) < 4.78 is 29.0. The van der Waals surface area contributed by atoms with Crippen molar-refractivity contribution in [1.29, 1.82) is 0 Å². The maximum atomic E-state index is 14.4. The lowest BCUT2D eigenvalue weighted by Crippen LogP contribution is -2.75. The highest BCUT2D eigenvalue weighted by Gasteiger charge is 2.90. The zero-order valence-corrected chi connectivity index (χ0v) is 22.4. The Morgan fingerprint density at radius 2 is 1.79 bits per heavy atom. The Labute approximate surface area is 220 Å². The van der Waals surface area contributed by atoms with E-state index in [2.05, 4.69) is 0 Å². The lowest BCUT2D eigenvalue weighted by molar-refractivity contribution is -0.259. The van der Waals surface area contributed by atoms with Crippen LogP contribution < -0.4 is 0 Å². The lowest BCUT2D eigenvalue weighted by Gasteiger charge is -2.67. The third-order valence-corrected chi connectivity index (χ3v) is 10.7. The molecule has 1 aromatic heterocycles. The fraction of sp³-hybridized carbons (Fsp3) is 0.714. The van der Waals surface area contributed by atoms with Crippen LogP contribution in [0.1, 0.15) is 72.5 Å². The van der Waals surface area contributed by atoms with Crippen molar-refractivity contribution in [2.75, 3.05) is 0 Å². The molecule has 5 fully saturated rings. The highest BCUT2D eigenvalue weighted by molar-refractivity contribution is 5.93. The normalized spacial score (nSPS) is 48.8. The Hall–Kier alpha value is -2.72. The highest BCUT2D eigenvalue weighted by atomic mass is 16.7. The van der Waals surface area contributed by atoms with Crippen molar-refractivity contribution in [2.24, 2.45) is 28.1 Å². The van der Waals surface area contributed by atoms with Gasteiger partial charge in [0.15, 0.2) is 6.10 Å². The monoisotopic (exact) mass is 530 g/mol. The Kier molecular flexibility index (Phi) is 5.02. The molecule has 0 radical (unpaired) electrons. The van der Waals surface area contributed by atoms with Gasteiger partial charge in [-0.1, -0.05) is 13.8 Å². The lowest BCUT2D eigenvalue weighted by atomic mass is 9.36. The molecule has 1 aromatic rings. The predicted molar refractivity (Wildman–Crippen MR) is 127 cm³/mol. The Morgan fingerprint density at radius 1 is 1.08 bits per heavy atom. The summed E-state index contributed by atoms with van der Waals surface area (Å²) in [6.45, 7) is 10.3. The van der Waals surface area contributed by atoms with E-state index in [0.717, 1.165) is 0 Å². The first-order chi connectivity index (χ1) is 17.6. The molecule has 1 N–H and O–H groups in total. The standard InChI is InChI=1S/C28H34O10/c1-13(29)35-18-10-19(32)37-24(2,3)16-9-17(31)27(6)20(26(16,18)5)15(30)11-25(4)21(14-7-8-34-12-14)36-23(33)22-28(25,27)38-22/h7-8,12,15-16,18,20-22,30H,9-11H2,1-6H3. The molecule has 10 atom stereocenters. The topological polar surface area (TPSA) is 142 Å². The number of fused-ring (bicyclic) bond motifs is 3. The van der Waals surface area contributed by atoms with Crippen LogP contribution in [-0.2, 0) is 38.1 Å². The molecule has 5 aliphatic rings. The van der Waals surface area contributed by atoms with E-state index in [0.29, 0.717) is 5.56 Å². The zero-order valence-electron chi connectivity index (χ0n) is 22.4. The molecule has 0 aromatic carbocycles. The summed E-state index contributed by atoms with van der Waals surface area (Å²) in [6, 6.07) is 1.70. The third-order valence-electron chi connectivity index (χ3n) is 10.7. The van der Waals surface area contributed by atoms with Crippen LogP contribution in [0.3, 0.4) is 0 Å². The molecular weight excluding hydrogens is 496 g/mol. The van der Waals surface area contributed by atoms with Crippen molar-refractivity contribution in [3.63, 3.8) is 0 Å². The second-order valence-corrected chi connectivity index (χ2v) is 12.9. The van der Waals surface area contributed by atoms with Crippen LogP contribution in [0.2, 0.25) is 0 Å². The minimum absolute atomic E-state index is 0.00635. The van der Waals surface area contributed by atoms with Crippen LogP contribution in [0.25, 0.3) is 0 Å². The van der Waals surface area contributed by atoms with Gasteiger partial charge >= 0.3 is 17.9 Å². The molecule has 2 aliphatic carbocycles. The maximum absolute atomic E-state index is 14.4. The van der Waals surface area contributed by atoms with E-state index in [1.165, 1.54) is 19.5 Å². The Bertz CT molecular complexity index is 1240. The van der Waals surface area contributed by atoms with Crippen molar-refractivity contribution in [3.05, 3.63) is 24.2 Å². The van der Waals surface area contributed by atoms with Gasteiger partial charge in [0.1, 0.15) is 29.2 Å². The number of hydrogen-bond acceptors (Lipinski definition) is 10. The number of rotatable bonds is 2. The molecule has 1 spiro atoms. The molecular formula is C28H34O10. The molecule has 2 saturated carbocycles. The van der Waals surface area contributed by atoms with Gasteiger partial charge in [-0.15, -0.1) is 0 Å². The minimum atomic E-state index is -1.36. The number of hydrogen-bond donors (Lipinski definition) is 1. The second kappa shape index (κ2) is 7.47. The molecule has 38 heavy (non-hydrogen) atoms. The quantitative estimate of drug-likeness (QED) is 0.344. The first-order valence-corrected chi connectivity index (χ1v) is 13.2. The van der Waals surface area contributed by atoms with Crippen molar-refractivity contribution < 1.29 is 47.6 Å². The van der Waals surface area contributed by atoms with Gasteiger partial charge < -0.3 is 28.5 Å². The predicted octanol–water partition coefficient (Wildman–Crippen LogP) is 2.66. The van der Waals surface area contributed by atoms with Crippen molar-refractivity contribution in [1.82, 2.24) is 0 Å². The van der Waals surface area contributed by atoms with Crippen LogP contribution >= 0.6 is 0 Å². The summed E-state index contributed by atoms with van der Waals surface area (Å²) in [5.74, 6) is -3.25. The number of esters is 3. The number of carbonyl (C=O) groups excluding carboxylic acids is 4. The molecule has 10 nitrogen and oxygen atoms in total. The molecule has 3 aliphatic heterocycles. The van der Waals surface area contributed by atoms with E-state index < -0.39 is 81.6 Å². The number of carbonyl (C=O) groups is 4. The largest absolute Gasteiger partial charge is 0.472 e. The van der Waals surface area contributed by atoms with Crippen molar-refractivity contribution in [3.8, 4) is 0 Å². The van der Waals surface area contributed by atoms with Crippen LogP contribution in [0, 0.1) is 28.1 Å². The Balaban J connectivity index is 1.57. The molecule has 3 saturated heterocycles. The third kappa shape index (κ3) is 2.80. The van der Waals surface area contributed by atoms with Gasteiger partial charge in [0.25, 0.3) is 0 Å². The zero-order chi connectivity index (χ0) is 27.6. The number of epoxide rings is 1. The number of furan rings is 1. The molecule has 206 valence electrons. The van der Waals surface area contributed by atoms with Gasteiger partial charge in [-0.2, -0.15) is 0 Å². The summed E-state index contributed by atoms with van der Waals surface area (Å²) in [6.07, 6.45) is -0.921. The SMILES string of the molecule is CC(=O)OC1CC(=O)OC(C)(C)C2CC(=O)C3(C)C(C(O)CC4(C)C(c5ccoc5)OC(=O)C5OC543)C12C. The minimum Gasteiger partial charge on any atom is -0.472 e. The molecule has 0 bridgehead atoms. The van der Waals surface area contributed by atoms with Crippen LogP contribution in [0.5, 0.6) is 0 Å². The van der Waals surface area contributed by atoms with E-state index in [1.807, 2.05) is 13.8 Å². The molecule has 6 rings (SSSR count). The molecule has 10 unspecified atom stereocenters. The first-order valence-electron chi connectivity index (χ1n) is 13.2. The highest BCUT2D eigenvalue weighted by Crippen LogP contribution is 2.78. The van der Waals surface area contributed by atoms with E-state index in [9.17, 15) is 24.3 Å². The van der Waals surface area contributed by atoms with Gasteiger partial charge in [-0.05, 0) is 33.3 Å². The summed E-state index contributed by atoms with van der Waals surface area (Å²) in [5, 5.41) is 12.1. The summed E-state index contributed by atoms with van der Waals surface area (Å²) in [7, 11) is 0. The number of cyclic esters (lactones) is 2. The van der Waals surface area contributed by atoms with Gasteiger partial charge in [0, 0.05) is 41.6 Å². The summed E-state index contributed by atoms with van der Waals surface area (Å²) in [5.41, 5.74) is -5.13.